The second-order valence-electron chi connectivity index (χ2n) is 4.68. The third-order valence-electron chi connectivity index (χ3n) is 3.28. The fourth-order valence-electron chi connectivity index (χ4n) is 1.90. The average molecular weight is 259 g/mol. The van der Waals surface area contributed by atoms with Gasteiger partial charge in [0.2, 0.25) is 0 Å². The van der Waals surface area contributed by atoms with Gasteiger partial charge in [0.05, 0.1) is 15.8 Å². The Bertz CT molecular complexity index is 598. The van der Waals surface area contributed by atoms with Gasteiger partial charge in [0.1, 0.15) is 5.69 Å². The van der Waals surface area contributed by atoms with Gasteiger partial charge in [0.15, 0.2) is 0 Å². The minimum Gasteiger partial charge on any atom is -0.379 e. The third kappa shape index (κ3) is 2.81. The number of fused-ring (bicyclic) bond motifs is 1. The third-order valence-corrected chi connectivity index (χ3v) is 3.28. The van der Waals surface area contributed by atoms with Gasteiger partial charge in [-0.25, -0.2) is 0 Å². The van der Waals surface area contributed by atoms with Crippen LogP contribution in [-0.4, -0.2) is 16.5 Å². The van der Waals surface area contributed by atoms with E-state index in [4.69, 9.17) is 0 Å². The van der Waals surface area contributed by atoms with Crippen LogP contribution in [-0.2, 0) is 0 Å². The lowest BCUT2D eigenvalue weighted by atomic mass is 10.1. The molecule has 5 heteroatoms. The Labute approximate surface area is 111 Å². The van der Waals surface area contributed by atoms with Gasteiger partial charge in [-0.1, -0.05) is 20.3 Å². The summed E-state index contributed by atoms with van der Waals surface area (Å²) in [6.07, 6.45) is 2.67. The van der Waals surface area contributed by atoms with Crippen LogP contribution in [0.15, 0.2) is 30.5 Å². The lowest BCUT2D eigenvalue weighted by Crippen LogP contribution is -2.11. The number of rotatable bonds is 5. The monoisotopic (exact) mass is 259 g/mol. The van der Waals surface area contributed by atoms with Crippen molar-refractivity contribution in [1.82, 2.24) is 4.98 Å². The van der Waals surface area contributed by atoms with Crippen LogP contribution in [0.4, 0.5) is 11.4 Å². The first kappa shape index (κ1) is 13.3. The topological polar surface area (TPSA) is 68.1 Å². The van der Waals surface area contributed by atoms with Crippen LogP contribution in [0.25, 0.3) is 10.9 Å². The molecule has 1 N–H and O–H groups in total. The SMILES string of the molecule is CCC(C)CNc1ccc2ncccc2c1[N+](=O)[O-]. The molecule has 1 aromatic carbocycles. The van der Waals surface area contributed by atoms with Gasteiger partial charge in [0, 0.05) is 12.7 Å². The van der Waals surface area contributed by atoms with E-state index >= 15 is 0 Å². The highest BCUT2D eigenvalue weighted by atomic mass is 16.6. The van der Waals surface area contributed by atoms with Gasteiger partial charge in [-0.05, 0) is 30.2 Å². The Hall–Kier alpha value is -2.17. The molecular formula is C14H17N3O2. The molecule has 0 amide bonds. The Morgan fingerprint density at radius 1 is 1.42 bits per heavy atom. The molecule has 0 saturated carbocycles. The van der Waals surface area contributed by atoms with Crippen molar-refractivity contribution in [2.75, 3.05) is 11.9 Å². The van der Waals surface area contributed by atoms with E-state index in [0.29, 0.717) is 22.5 Å². The fourth-order valence-corrected chi connectivity index (χ4v) is 1.90. The maximum atomic E-state index is 11.3. The van der Waals surface area contributed by atoms with Gasteiger partial charge in [-0.15, -0.1) is 0 Å². The second-order valence-corrected chi connectivity index (χ2v) is 4.68. The predicted molar refractivity (Wildman–Crippen MR) is 76.3 cm³/mol. The number of nitrogens with zero attached hydrogens (tertiary/aromatic N) is 2. The van der Waals surface area contributed by atoms with Crippen LogP contribution < -0.4 is 5.32 Å². The summed E-state index contributed by atoms with van der Waals surface area (Å²) >= 11 is 0. The minimum atomic E-state index is -0.344. The largest absolute Gasteiger partial charge is 0.379 e. The van der Waals surface area contributed by atoms with Gasteiger partial charge >= 0.3 is 5.69 Å². The van der Waals surface area contributed by atoms with Crippen molar-refractivity contribution in [3.8, 4) is 0 Å². The van der Waals surface area contributed by atoms with E-state index in [0.717, 1.165) is 13.0 Å². The van der Waals surface area contributed by atoms with Crippen molar-refractivity contribution in [2.24, 2.45) is 5.92 Å². The van der Waals surface area contributed by atoms with Crippen LogP contribution in [0.5, 0.6) is 0 Å². The molecule has 1 aromatic heterocycles. The first-order valence-corrected chi connectivity index (χ1v) is 6.39. The molecule has 0 aliphatic carbocycles. The maximum Gasteiger partial charge on any atom is 0.301 e. The van der Waals surface area contributed by atoms with Crippen LogP contribution in [0.2, 0.25) is 0 Å². The molecule has 19 heavy (non-hydrogen) atoms. The molecule has 0 aliphatic rings. The number of benzene rings is 1. The van der Waals surface area contributed by atoms with Crippen molar-refractivity contribution < 1.29 is 4.92 Å². The zero-order chi connectivity index (χ0) is 13.8. The van der Waals surface area contributed by atoms with Crippen LogP contribution in [0, 0.1) is 16.0 Å². The molecule has 0 spiro atoms. The number of aromatic nitrogens is 1. The van der Waals surface area contributed by atoms with Crippen molar-refractivity contribution >= 4 is 22.3 Å². The van der Waals surface area contributed by atoms with Crippen molar-refractivity contribution in [1.29, 1.82) is 0 Å². The van der Waals surface area contributed by atoms with Crippen LogP contribution in [0.3, 0.4) is 0 Å². The van der Waals surface area contributed by atoms with E-state index < -0.39 is 0 Å². The molecule has 2 rings (SSSR count). The summed E-state index contributed by atoms with van der Waals surface area (Å²) in [5, 5.41) is 15.0. The van der Waals surface area contributed by atoms with Crippen molar-refractivity contribution in [2.45, 2.75) is 20.3 Å². The maximum absolute atomic E-state index is 11.3. The quantitative estimate of drug-likeness (QED) is 0.658. The molecule has 0 aliphatic heterocycles. The Morgan fingerprint density at radius 3 is 2.89 bits per heavy atom. The fraction of sp³-hybridized carbons (Fsp3) is 0.357. The average Bonchev–Trinajstić information content (AvgIpc) is 2.43. The first-order valence-electron chi connectivity index (χ1n) is 6.39. The van der Waals surface area contributed by atoms with E-state index in [9.17, 15) is 10.1 Å². The number of pyridine rings is 1. The number of hydrogen-bond donors (Lipinski definition) is 1. The van der Waals surface area contributed by atoms with E-state index in [2.05, 4.69) is 24.1 Å². The highest BCUT2D eigenvalue weighted by Crippen LogP contribution is 2.32. The van der Waals surface area contributed by atoms with E-state index in [1.165, 1.54) is 0 Å². The smallest absolute Gasteiger partial charge is 0.301 e. The van der Waals surface area contributed by atoms with Gasteiger partial charge in [-0.2, -0.15) is 0 Å². The predicted octanol–water partition coefficient (Wildman–Crippen LogP) is 3.60. The number of nitrogens with one attached hydrogen (secondary N) is 1. The summed E-state index contributed by atoms with van der Waals surface area (Å²) in [6.45, 7) is 4.94. The zero-order valence-corrected chi connectivity index (χ0v) is 11.1. The normalized spacial score (nSPS) is 12.3. The summed E-state index contributed by atoms with van der Waals surface area (Å²) < 4.78 is 0. The molecule has 100 valence electrons. The highest BCUT2D eigenvalue weighted by Gasteiger charge is 2.18. The van der Waals surface area contributed by atoms with E-state index in [-0.39, 0.29) is 10.6 Å². The molecular weight excluding hydrogens is 242 g/mol. The second kappa shape index (κ2) is 5.65. The van der Waals surface area contributed by atoms with Crippen molar-refractivity contribution in [3.05, 3.63) is 40.6 Å². The summed E-state index contributed by atoms with van der Waals surface area (Å²) in [5.41, 5.74) is 1.31. The summed E-state index contributed by atoms with van der Waals surface area (Å²) in [4.78, 5) is 15.1. The van der Waals surface area contributed by atoms with Gasteiger partial charge < -0.3 is 5.32 Å². The van der Waals surface area contributed by atoms with Gasteiger partial charge in [0.25, 0.3) is 0 Å². The Morgan fingerprint density at radius 2 is 2.21 bits per heavy atom. The number of hydrogen-bond acceptors (Lipinski definition) is 4. The minimum absolute atomic E-state index is 0.105. The number of nitro groups is 1. The van der Waals surface area contributed by atoms with E-state index in [1.807, 2.05) is 0 Å². The summed E-state index contributed by atoms with van der Waals surface area (Å²) in [7, 11) is 0. The Balaban J connectivity index is 2.43. The summed E-state index contributed by atoms with van der Waals surface area (Å²) in [5.74, 6) is 0.476. The van der Waals surface area contributed by atoms with Crippen LogP contribution in [0.1, 0.15) is 20.3 Å². The number of nitro benzene ring substituents is 1. The molecule has 0 fully saturated rings. The van der Waals surface area contributed by atoms with Crippen LogP contribution >= 0.6 is 0 Å². The Kier molecular flexibility index (Phi) is 3.94. The molecule has 0 radical (unpaired) electrons. The zero-order valence-electron chi connectivity index (χ0n) is 11.1. The number of anilines is 1. The molecule has 0 saturated heterocycles. The molecule has 5 nitrogen and oxygen atoms in total. The highest BCUT2D eigenvalue weighted by molar-refractivity contribution is 5.94. The molecule has 1 unspecified atom stereocenters. The lowest BCUT2D eigenvalue weighted by molar-refractivity contribution is -0.382. The van der Waals surface area contributed by atoms with E-state index in [1.54, 1.807) is 30.5 Å². The summed E-state index contributed by atoms with van der Waals surface area (Å²) in [6, 6.07) is 6.99. The standard InChI is InChI=1S/C14H17N3O2/c1-3-10(2)9-16-13-7-6-12-11(5-4-8-15-12)14(13)17(18)19/h4-8,10,16H,3,9H2,1-2H3. The van der Waals surface area contributed by atoms with Gasteiger partial charge in [-0.3, -0.25) is 15.1 Å². The molecule has 1 atom stereocenters. The van der Waals surface area contributed by atoms with Crippen molar-refractivity contribution in [3.63, 3.8) is 0 Å². The lowest BCUT2D eigenvalue weighted by Gasteiger charge is -2.12. The first-order chi connectivity index (χ1) is 9.13. The molecule has 0 bridgehead atoms. The molecule has 1 heterocycles. The molecule has 2 aromatic rings.